The van der Waals surface area contributed by atoms with Crippen LogP contribution in [0.3, 0.4) is 0 Å². The van der Waals surface area contributed by atoms with Crippen LogP contribution in [0.15, 0.2) is 42.5 Å². The predicted molar refractivity (Wildman–Crippen MR) is 107 cm³/mol. The number of rotatable bonds is 6. The Balaban J connectivity index is 1.82. The second-order valence-electron chi connectivity index (χ2n) is 5.80. The molecule has 0 spiro atoms. The minimum absolute atomic E-state index is 0.142. The van der Waals surface area contributed by atoms with Gasteiger partial charge >= 0.3 is 0 Å². The van der Waals surface area contributed by atoms with E-state index in [0.29, 0.717) is 22.3 Å². The molecule has 0 bridgehead atoms. The fourth-order valence-electron chi connectivity index (χ4n) is 2.76. The topological polar surface area (TPSA) is 47.6 Å². The number of carbonyl (C=O) groups excluding carboxylic acids is 1. The standard InChI is InChI=1S/C20H20ClNO3S/c1-4-25-15-8-5-13(6-9-15)12(2)22-20(23)19-18(24-3)16-11-14(21)7-10-17(16)26-19/h5-12H,4H2,1-3H3,(H,22,23)/t12-/m0/s1. The average Bonchev–Trinajstić information content (AvgIpc) is 3.00. The molecule has 0 saturated heterocycles. The number of ether oxygens (including phenoxy) is 2. The van der Waals surface area contributed by atoms with Crippen LogP contribution in [0.25, 0.3) is 10.1 Å². The number of fused-ring (bicyclic) bond motifs is 1. The van der Waals surface area contributed by atoms with Crippen LogP contribution in [0.2, 0.25) is 5.02 Å². The van der Waals surface area contributed by atoms with Crippen LogP contribution in [-0.4, -0.2) is 19.6 Å². The SMILES string of the molecule is CCOc1ccc([C@H](C)NC(=O)c2sc3ccc(Cl)cc3c2OC)cc1. The molecule has 1 amide bonds. The highest BCUT2D eigenvalue weighted by atomic mass is 35.5. The number of nitrogens with one attached hydrogen (secondary N) is 1. The van der Waals surface area contributed by atoms with Crippen LogP contribution in [-0.2, 0) is 0 Å². The molecular formula is C20H20ClNO3S. The zero-order chi connectivity index (χ0) is 18.7. The van der Waals surface area contributed by atoms with E-state index >= 15 is 0 Å². The van der Waals surface area contributed by atoms with Gasteiger partial charge in [-0.05, 0) is 49.7 Å². The molecule has 1 heterocycles. The third-order valence-electron chi connectivity index (χ3n) is 4.05. The summed E-state index contributed by atoms with van der Waals surface area (Å²) in [7, 11) is 1.56. The number of hydrogen-bond acceptors (Lipinski definition) is 4. The van der Waals surface area contributed by atoms with Crippen molar-refractivity contribution in [1.29, 1.82) is 0 Å². The minimum atomic E-state index is -0.166. The summed E-state index contributed by atoms with van der Waals surface area (Å²) in [5, 5.41) is 4.50. The van der Waals surface area contributed by atoms with Crippen LogP contribution >= 0.6 is 22.9 Å². The molecule has 0 aliphatic rings. The fraction of sp³-hybridized carbons (Fsp3) is 0.250. The van der Waals surface area contributed by atoms with Crippen LogP contribution in [0.4, 0.5) is 0 Å². The Morgan fingerprint density at radius 1 is 1.23 bits per heavy atom. The van der Waals surface area contributed by atoms with Crippen LogP contribution in [0, 0.1) is 0 Å². The maximum absolute atomic E-state index is 12.8. The van der Waals surface area contributed by atoms with Gasteiger partial charge in [-0.1, -0.05) is 23.7 Å². The summed E-state index contributed by atoms with van der Waals surface area (Å²) in [6.07, 6.45) is 0. The van der Waals surface area contributed by atoms with Gasteiger partial charge in [0.15, 0.2) is 0 Å². The van der Waals surface area contributed by atoms with E-state index in [0.717, 1.165) is 21.4 Å². The average molecular weight is 390 g/mol. The van der Waals surface area contributed by atoms with Crippen molar-refractivity contribution in [3.63, 3.8) is 0 Å². The molecule has 2 aromatic carbocycles. The molecule has 4 nitrogen and oxygen atoms in total. The lowest BCUT2D eigenvalue weighted by atomic mass is 10.1. The molecule has 3 aromatic rings. The zero-order valence-corrected chi connectivity index (χ0v) is 16.4. The Morgan fingerprint density at radius 3 is 2.62 bits per heavy atom. The van der Waals surface area contributed by atoms with Gasteiger partial charge in [-0.3, -0.25) is 4.79 Å². The number of methoxy groups -OCH3 is 1. The highest BCUT2D eigenvalue weighted by molar-refractivity contribution is 7.21. The van der Waals surface area contributed by atoms with E-state index in [2.05, 4.69) is 5.32 Å². The molecule has 0 saturated carbocycles. The number of halogens is 1. The van der Waals surface area contributed by atoms with Gasteiger partial charge in [0.1, 0.15) is 16.4 Å². The summed E-state index contributed by atoms with van der Waals surface area (Å²) in [6.45, 7) is 4.52. The molecule has 0 fully saturated rings. The van der Waals surface area contributed by atoms with E-state index in [-0.39, 0.29) is 11.9 Å². The smallest absolute Gasteiger partial charge is 0.265 e. The Labute approximate surface area is 161 Å². The van der Waals surface area contributed by atoms with E-state index in [1.807, 2.05) is 56.3 Å². The van der Waals surface area contributed by atoms with Crippen molar-refractivity contribution in [2.24, 2.45) is 0 Å². The van der Waals surface area contributed by atoms with Gasteiger partial charge in [0.2, 0.25) is 0 Å². The van der Waals surface area contributed by atoms with Gasteiger partial charge in [0, 0.05) is 15.1 Å². The van der Waals surface area contributed by atoms with E-state index in [9.17, 15) is 4.79 Å². The molecule has 0 aliphatic heterocycles. The number of hydrogen-bond donors (Lipinski definition) is 1. The minimum Gasteiger partial charge on any atom is -0.494 e. The quantitative estimate of drug-likeness (QED) is 0.609. The number of carbonyl (C=O) groups is 1. The first kappa shape index (κ1) is 18.5. The fourth-order valence-corrected chi connectivity index (χ4v) is 3.99. The van der Waals surface area contributed by atoms with Gasteiger partial charge in [-0.15, -0.1) is 11.3 Å². The van der Waals surface area contributed by atoms with Crippen molar-refractivity contribution >= 4 is 38.9 Å². The summed E-state index contributed by atoms with van der Waals surface area (Å²) in [5.74, 6) is 1.21. The normalized spacial score (nSPS) is 12.0. The van der Waals surface area contributed by atoms with Crippen molar-refractivity contribution in [1.82, 2.24) is 5.32 Å². The first-order valence-electron chi connectivity index (χ1n) is 8.33. The van der Waals surface area contributed by atoms with E-state index in [1.54, 1.807) is 7.11 Å². The van der Waals surface area contributed by atoms with Crippen LogP contribution < -0.4 is 14.8 Å². The summed E-state index contributed by atoms with van der Waals surface area (Å²) in [5.41, 5.74) is 1.00. The lowest BCUT2D eigenvalue weighted by Gasteiger charge is -2.15. The van der Waals surface area contributed by atoms with Crippen molar-refractivity contribution in [3.8, 4) is 11.5 Å². The largest absolute Gasteiger partial charge is 0.494 e. The lowest BCUT2D eigenvalue weighted by molar-refractivity contribution is 0.0941. The Bertz CT molecular complexity index is 921. The highest BCUT2D eigenvalue weighted by Gasteiger charge is 2.21. The van der Waals surface area contributed by atoms with Gasteiger partial charge < -0.3 is 14.8 Å². The molecule has 3 rings (SSSR count). The Kier molecular flexibility index (Phi) is 5.69. The highest BCUT2D eigenvalue weighted by Crippen LogP contribution is 2.39. The number of thiophene rings is 1. The Morgan fingerprint density at radius 2 is 1.96 bits per heavy atom. The predicted octanol–water partition coefficient (Wildman–Crippen LogP) is 5.45. The molecule has 136 valence electrons. The molecule has 26 heavy (non-hydrogen) atoms. The molecular weight excluding hydrogens is 370 g/mol. The second-order valence-corrected chi connectivity index (χ2v) is 7.29. The summed E-state index contributed by atoms with van der Waals surface area (Å²) in [4.78, 5) is 13.3. The Hall–Kier alpha value is -2.24. The van der Waals surface area contributed by atoms with Crippen molar-refractivity contribution in [3.05, 3.63) is 57.9 Å². The maximum atomic E-state index is 12.8. The molecule has 1 aromatic heterocycles. The first-order valence-corrected chi connectivity index (χ1v) is 9.52. The zero-order valence-electron chi connectivity index (χ0n) is 14.8. The van der Waals surface area contributed by atoms with Crippen molar-refractivity contribution in [2.45, 2.75) is 19.9 Å². The summed E-state index contributed by atoms with van der Waals surface area (Å²) < 4.78 is 11.9. The van der Waals surface area contributed by atoms with Gasteiger partial charge in [-0.2, -0.15) is 0 Å². The molecule has 1 atom stereocenters. The van der Waals surface area contributed by atoms with E-state index in [1.165, 1.54) is 11.3 Å². The monoisotopic (exact) mass is 389 g/mol. The summed E-state index contributed by atoms with van der Waals surface area (Å²) in [6, 6.07) is 13.1. The van der Waals surface area contributed by atoms with E-state index < -0.39 is 0 Å². The van der Waals surface area contributed by atoms with Gasteiger partial charge in [-0.25, -0.2) is 0 Å². The molecule has 1 N–H and O–H groups in total. The molecule has 0 radical (unpaired) electrons. The van der Waals surface area contributed by atoms with Gasteiger partial charge in [0.05, 0.1) is 19.8 Å². The second kappa shape index (κ2) is 7.98. The first-order chi connectivity index (χ1) is 12.5. The third-order valence-corrected chi connectivity index (χ3v) is 5.44. The third kappa shape index (κ3) is 3.79. The summed E-state index contributed by atoms with van der Waals surface area (Å²) >= 11 is 7.47. The lowest BCUT2D eigenvalue weighted by Crippen LogP contribution is -2.26. The maximum Gasteiger partial charge on any atom is 0.265 e. The van der Waals surface area contributed by atoms with Crippen LogP contribution in [0.1, 0.15) is 35.1 Å². The number of amides is 1. The molecule has 0 aliphatic carbocycles. The van der Waals surface area contributed by atoms with Gasteiger partial charge in [0.25, 0.3) is 5.91 Å². The van der Waals surface area contributed by atoms with Crippen molar-refractivity contribution in [2.75, 3.05) is 13.7 Å². The molecule has 0 unspecified atom stereocenters. The number of benzene rings is 2. The molecule has 6 heteroatoms. The van der Waals surface area contributed by atoms with Crippen molar-refractivity contribution < 1.29 is 14.3 Å². The van der Waals surface area contributed by atoms with E-state index in [4.69, 9.17) is 21.1 Å². The van der Waals surface area contributed by atoms with Crippen LogP contribution in [0.5, 0.6) is 11.5 Å².